The first kappa shape index (κ1) is 18.9. The Morgan fingerprint density at radius 2 is 1.54 bits per heavy atom. The Kier molecular flexibility index (Phi) is 6.22. The molecule has 0 radical (unpaired) electrons. The molecule has 3 rings (SSSR count). The fraction of sp³-hybridized carbons (Fsp3) is 0.0476. The summed E-state index contributed by atoms with van der Waals surface area (Å²) >= 11 is 0. The maximum Gasteiger partial charge on any atom is 0.273 e. The molecule has 0 saturated heterocycles. The lowest BCUT2D eigenvalue weighted by Gasteiger charge is -2.08. The number of azo groups is 1. The normalized spacial score (nSPS) is 12.3. The number of hydrogen-bond acceptors (Lipinski definition) is 6. The second-order valence-electron chi connectivity index (χ2n) is 5.83. The predicted molar refractivity (Wildman–Crippen MR) is 106 cm³/mol. The highest BCUT2D eigenvalue weighted by atomic mass is 16.3. The number of hydrazone groups is 1. The summed E-state index contributed by atoms with van der Waals surface area (Å²) in [5.74, 6) is -0.706. The number of carbonyl (C=O) groups is 1. The van der Waals surface area contributed by atoms with Crippen molar-refractivity contribution in [3.05, 3.63) is 90.0 Å². The molecule has 1 amide bonds. The van der Waals surface area contributed by atoms with Crippen molar-refractivity contribution in [2.24, 2.45) is 15.3 Å². The molecular weight excluding hydrogens is 356 g/mol. The van der Waals surface area contributed by atoms with Crippen molar-refractivity contribution in [1.82, 2.24) is 5.43 Å². The molecule has 1 unspecified atom stereocenters. The van der Waals surface area contributed by atoms with E-state index in [4.69, 9.17) is 0 Å². The highest BCUT2D eigenvalue weighted by Gasteiger charge is 2.16. The minimum Gasteiger partial charge on any atom is -0.507 e. The first-order valence-electron chi connectivity index (χ1n) is 8.49. The van der Waals surface area contributed by atoms with Gasteiger partial charge in [0.05, 0.1) is 17.6 Å². The van der Waals surface area contributed by atoms with Gasteiger partial charge in [0.15, 0.2) is 6.10 Å². The first-order valence-corrected chi connectivity index (χ1v) is 8.49. The third kappa shape index (κ3) is 5.09. The number of aromatic hydroxyl groups is 1. The average Bonchev–Trinajstić information content (AvgIpc) is 2.74. The maximum atomic E-state index is 12.0. The Labute approximate surface area is 161 Å². The summed E-state index contributed by atoms with van der Waals surface area (Å²) in [5.41, 5.74) is 4.27. The zero-order valence-electron chi connectivity index (χ0n) is 14.8. The van der Waals surface area contributed by atoms with Gasteiger partial charge in [0.2, 0.25) is 0 Å². The molecule has 0 spiro atoms. The monoisotopic (exact) mass is 374 g/mol. The molecule has 1 atom stereocenters. The van der Waals surface area contributed by atoms with Gasteiger partial charge in [0, 0.05) is 5.56 Å². The molecule has 0 heterocycles. The van der Waals surface area contributed by atoms with E-state index in [9.17, 15) is 15.0 Å². The number of hydrogen-bond donors (Lipinski definition) is 3. The van der Waals surface area contributed by atoms with Crippen molar-refractivity contribution in [2.75, 3.05) is 0 Å². The van der Waals surface area contributed by atoms with E-state index >= 15 is 0 Å². The summed E-state index contributed by atoms with van der Waals surface area (Å²) in [6, 6.07) is 22.4. The van der Waals surface area contributed by atoms with Gasteiger partial charge in [-0.2, -0.15) is 15.3 Å². The zero-order chi connectivity index (χ0) is 19.8. The Hall–Kier alpha value is -3.84. The smallest absolute Gasteiger partial charge is 0.273 e. The van der Waals surface area contributed by atoms with Crippen molar-refractivity contribution in [2.45, 2.75) is 6.10 Å². The number of amides is 1. The summed E-state index contributed by atoms with van der Waals surface area (Å²) in [4.78, 5) is 12.0. The Morgan fingerprint density at radius 3 is 2.25 bits per heavy atom. The lowest BCUT2D eigenvalue weighted by Crippen LogP contribution is -2.25. The average molecular weight is 374 g/mol. The van der Waals surface area contributed by atoms with Crippen LogP contribution in [-0.4, -0.2) is 22.3 Å². The standard InChI is InChI=1S/C21H18N4O3/c26-19-12-11-18(24-23-17-9-5-2-6-10-17)13-16(19)14-22-25-21(28)20(27)15-7-3-1-4-8-15/h1-14,20,26-27H,(H,25,28). The van der Waals surface area contributed by atoms with Gasteiger partial charge >= 0.3 is 0 Å². The lowest BCUT2D eigenvalue weighted by molar-refractivity contribution is -0.129. The number of nitrogens with one attached hydrogen (secondary N) is 1. The zero-order valence-corrected chi connectivity index (χ0v) is 14.8. The second kappa shape index (κ2) is 9.20. The van der Waals surface area contributed by atoms with Gasteiger partial charge in [0.25, 0.3) is 5.91 Å². The van der Waals surface area contributed by atoms with Crippen LogP contribution in [0.1, 0.15) is 17.2 Å². The third-order valence-corrected chi connectivity index (χ3v) is 3.79. The lowest BCUT2D eigenvalue weighted by atomic mass is 10.1. The van der Waals surface area contributed by atoms with Gasteiger partial charge in [-0.1, -0.05) is 48.5 Å². The summed E-state index contributed by atoms with van der Waals surface area (Å²) in [7, 11) is 0. The summed E-state index contributed by atoms with van der Waals surface area (Å²) < 4.78 is 0. The van der Waals surface area contributed by atoms with Crippen molar-refractivity contribution in [3.8, 4) is 5.75 Å². The van der Waals surface area contributed by atoms with Crippen LogP contribution in [0.3, 0.4) is 0 Å². The molecule has 0 bridgehead atoms. The number of benzene rings is 3. The molecule has 140 valence electrons. The van der Waals surface area contributed by atoms with Crippen LogP contribution in [0.4, 0.5) is 11.4 Å². The van der Waals surface area contributed by atoms with E-state index in [1.165, 1.54) is 12.3 Å². The summed E-state index contributed by atoms with van der Waals surface area (Å²) in [5, 5.41) is 32.0. The number of carbonyl (C=O) groups excluding carboxylic acids is 1. The van der Waals surface area contributed by atoms with Gasteiger partial charge in [-0.15, -0.1) is 0 Å². The van der Waals surface area contributed by atoms with Gasteiger partial charge in [0.1, 0.15) is 5.75 Å². The van der Waals surface area contributed by atoms with Crippen LogP contribution < -0.4 is 5.43 Å². The maximum absolute atomic E-state index is 12.0. The molecule has 7 nitrogen and oxygen atoms in total. The summed E-state index contributed by atoms with van der Waals surface area (Å²) in [6.07, 6.45) is -0.0649. The Bertz CT molecular complexity index is 989. The van der Waals surface area contributed by atoms with Crippen LogP contribution in [0.2, 0.25) is 0 Å². The number of phenols is 1. The molecule has 0 saturated carbocycles. The highest BCUT2D eigenvalue weighted by Crippen LogP contribution is 2.24. The van der Waals surface area contributed by atoms with Crippen LogP contribution >= 0.6 is 0 Å². The first-order chi connectivity index (χ1) is 13.6. The predicted octanol–water partition coefficient (Wildman–Crippen LogP) is 3.99. The van der Waals surface area contributed by atoms with Gasteiger partial charge in [-0.25, -0.2) is 5.43 Å². The number of rotatable bonds is 6. The van der Waals surface area contributed by atoms with E-state index in [1.807, 2.05) is 30.3 Å². The van der Waals surface area contributed by atoms with Crippen molar-refractivity contribution >= 4 is 23.5 Å². The molecular formula is C21H18N4O3. The molecule has 3 aromatic carbocycles. The van der Waals surface area contributed by atoms with Crippen LogP contribution in [0.25, 0.3) is 0 Å². The number of phenolic OH excluding ortho intramolecular Hbond substituents is 1. The van der Waals surface area contributed by atoms with Crippen molar-refractivity contribution in [3.63, 3.8) is 0 Å². The number of aliphatic hydroxyl groups excluding tert-OH is 1. The molecule has 7 heteroatoms. The molecule has 3 N–H and O–H groups in total. The minimum absolute atomic E-state index is 0.0275. The molecule has 0 aliphatic heterocycles. The van der Waals surface area contributed by atoms with E-state index in [2.05, 4.69) is 20.8 Å². The van der Waals surface area contributed by atoms with E-state index in [-0.39, 0.29) is 5.75 Å². The molecule has 0 fully saturated rings. The topological polar surface area (TPSA) is 107 Å². The van der Waals surface area contributed by atoms with E-state index in [0.29, 0.717) is 22.5 Å². The van der Waals surface area contributed by atoms with Gasteiger partial charge in [-0.3, -0.25) is 4.79 Å². The van der Waals surface area contributed by atoms with Gasteiger partial charge < -0.3 is 10.2 Å². The minimum atomic E-state index is -1.34. The molecule has 0 aliphatic rings. The summed E-state index contributed by atoms with van der Waals surface area (Å²) in [6.45, 7) is 0. The van der Waals surface area contributed by atoms with Crippen LogP contribution in [0.5, 0.6) is 5.75 Å². The molecule has 28 heavy (non-hydrogen) atoms. The fourth-order valence-electron chi connectivity index (χ4n) is 2.33. The molecule has 3 aromatic rings. The quantitative estimate of drug-likeness (QED) is 0.345. The van der Waals surface area contributed by atoms with E-state index in [0.717, 1.165) is 0 Å². The third-order valence-electron chi connectivity index (χ3n) is 3.79. The Morgan fingerprint density at radius 1 is 0.893 bits per heavy atom. The van der Waals surface area contributed by atoms with Crippen molar-refractivity contribution < 1.29 is 15.0 Å². The Balaban J connectivity index is 1.66. The van der Waals surface area contributed by atoms with Crippen LogP contribution in [0, 0.1) is 0 Å². The highest BCUT2D eigenvalue weighted by molar-refractivity contribution is 5.87. The fourth-order valence-corrected chi connectivity index (χ4v) is 2.33. The SMILES string of the molecule is O=C(NN=Cc1cc(N=Nc2ccccc2)ccc1O)C(O)c1ccccc1. The molecule has 0 aromatic heterocycles. The second-order valence-corrected chi connectivity index (χ2v) is 5.83. The van der Waals surface area contributed by atoms with E-state index < -0.39 is 12.0 Å². The van der Waals surface area contributed by atoms with E-state index in [1.54, 1.807) is 42.5 Å². The van der Waals surface area contributed by atoms with Crippen LogP contribution in [-0.2, 0) is 4.79 Å². The molecule has 0 aliphatic carbocycles. The largest absolute Gasteiger partial charge is 0.507 e. The number of nitrogens with zero attached hydrogens (tertiary/aromatic N) is 3. The number of aliphatic hydroxyl groups is 1. The van der Waals surface area contributed by atoms with Crippen molar-refractivity contribution in [1.29, 1.82) is 0 Å². The van der Waals surface area contributed by atoms with Crippen LogP contribution in [0.15, 0.2) is 94.2 Å². The van der Waals surface area contributed by atoms with Gasteiger partial charge in [-0.05, 0) is 35.9 Å².